The molecule has 1 saturated heterocycles. The number of anilines is 1. The maximum atomic E-state index is 10.4. The third kappa shape index (κ3) is 2.09. The molecule has 3 rings (SSSR count). The van der Waals surface area contributed by atoms with Crippen LogP contribution in [0.1, 0.15) is 0 Å². The summed E-state index contributed by atoms with van der Waals surface area (Å²) < 4.78 is 10.8. The molecule has 1 aromatic heterocycles. The summed E-state index contributed by atoms with van der Waals surface area (Å²) in [6.07, 6.45) is 0.875. The normalized spacial score (nSPS) is 18.0. The number of carbonyl (C=O) groups excluding carboxylic acids is 1. The lowest BCUT2D eigenvalue weighted by Gasteiger charge is -2.04. The molecule has 2 aromatic rings. The molecule has 1 aliphatic rings. The van der Waals surface area contributed by atoms with E-state index >= 15 is 0 Å². The molecule has 0 aliphatic carbocycles. The second-order valence-electron chi connectivity index (χ2n) is 3.93. The van der Waals surface area contributed by atoms with Crippen molar-refractivity contribution in [1.82, 2.24) is 4.98 Å². The van der Waals surface area contributed by atoms with E-state index in [0.717, 1.165) is 23.3 Å². The van der Waals surface area contributed by atoms with E-state index < -0.39 is 0 Å². The molecular weight excluding hydrogens is 220 g/mol. The fourth-order valence-electron chi connectivity index (χ4n) is 1.74. The number of fused-ring (bicyclic) bond motifs is 1. The number of aromatic nitrogens is 1. The molecule has 1 amide bonds. The van der Waals surface area contributed by atoms with Gasteiger partial charge in [0, 0.05) is 5.39 Å². The molecule has 5 heteroatoms. The van der Waals surface area contributed by atoms with E-state index in [9.17, 15) is 4.79 Å². The monoisotopic (exact) mass is 232 g/mol. The molecule has 0 saturated carbocycles. The van der Waals surface area contributed by atoms with Gasteiger partial charge in [0.2, 0.25) is 6.41 Å². The molecule has 0 bridgehead atoms. The number of hydrogen-bond donors (Lipinski definition) is 2. The molecule has 1 aliphatic heterocycles. The SMILES string of the molecule is O=CNc1cc2c(OCC3CO3)cccc2[nH]1. The first-order valence-electron chi connectivity index (χ1n) is 5.43. The second-order valence-corrected chi connectivity index (χ2v) is 3.93. The van der Waals surface area contributed by atoms with Gasteiger partial charge < -0.3 is 19.8 Å². The van der Waals surface area contributed by atoms with Crippen LogP contribution < -0.4 is 10.1 Å². The van der Waals surface area contributed by atoms with E-state index in [4.69, 9.17) is 9.47 Å². The number of benzene rings is 1. The molecule has 0 radical (unpaired) electrons. The van der Waals surface area contributed by atoms with Crippen molar-refractivity contribution in [2.75, 3.05) is 18.5 Å². The highest BCUT2D eigenvalue weighted by Gasteiger charge is 2.23. The highest BCUT2D eigenvalue weighted by Crippen LogP contribution is 2.28. The van der Waals surface area contributed by atoms with Crippen molar-refractivity contribution in [2.24, 2.45) is 0 Å². The average Bonchev–Trinajstić information content (AvgIpc) is 3.06. The predicted molar refractivity (Wildman–Crippen MR) is 63.2 cm³/mol. The lowest BCUT2D eigenvalue weighted by molar-refractivity contribution is -0.105. The van der Waals surface area contributed by atoms with Gasteiger partial charge in [-0.05, 0) is 18.2 Å². The first kappa shape index (κ1) is 10.2. The Morgan fingerprint density at radius 1 is 1.59 bits per heavy atom. The molecule has 1 aromatic carbocycles. The maximum Gasteiger partial charge on any atom is 0.212 e. The Morgan fingerprint density at radius 2 is 2.47 bits per heavy atom. The Morgan fingerprint density at radius 3 is 3.24 bits per heavy atom. The maximum absolute atomic E-state index is 10.4. The molecule has 17 heavy (non-hydrogen) atoms. The van der Waals surface area contributed by atoms with Crippen LogP contribution in [0.3, 0.4) is 0 Å². The van der Waals surface area contributed by atoms with Crippen LogP contribution in [0.4, 0.5) is 5.82 Å². The van der Waals surface area contributed by atoms with Crippen molar-refractivity contribution < 1.29 is 14.3 Å². The van der Waals surface area contributed by atoms with Crippen LogP contribution in [0.5, 0.6) is 5.75 Å². The van der Waals surface area contributed by atoms with E-state index in [-0.39, 0.29) is 6.10 Å². The standard InChI is InChI=1S/C12H12N2O3/c15-7-13-12-4-9-10(14-12)2-1-3-11(9)17-6-8-5-16-8/h1-4,7-8,14H,5-6H2,(H,13,15). The van der Waals surface area contributed by atoms with Crippen LogP contribution in [0, 0.1) is 0 Å². The summed E-state index contributed by atoms with van der Waals surface area (Å²) in [6.45, 7) is 1.35. The van der Waals surface area contributed by atoms with Crippen molar-refractivity contribution in [3.63, 3.8) is 0 Å². The first-order chi connectivity index (χ1) is 8.36. The first-order valence-corrected chi connectivity index (χ1v) is 5.43. The lowest BCUT2D eigenvalue weighted by atomic mass is 10.2. The summed E-state index contributed by atoms with van der Waals surface area (Å²) in [5.74, 6) is 1.46. The Bertz CT molecular complexity index is 546. The third-order valence-electron chi connectivity index (χ3n) is 2.67. The number of H-pyrrole nitrogens is 1. The number of aromatic amines is 1. The zero-order valence-electron chi connectivity index (χ0n) is 9.10. The molecule has 1 atom stereocenters. The molecule has 5 nitrogen and oxygen atoms in total. The van der Waals surface area contributed by atoms with Crippen molar-refractivity contribution in [3.05, 3.63) is 24.3 Å². The minimum Gasteiger partial charge on any atom is -0.490 e. The van der Waals surface area contributed by atoms with Gasteiger partial charge in [-0.25, -0.2) is 0 Å². The van der Waals surface area contributed by atoms with Crippen molar-refractivity contribution in [3.8, 4) is 5.75 Å². The van der Waals surface area contributed by atoms with Crippen LogP contribution in [0.15, 0.2) is 24.3 Å². The highest BCUT2D eigenvalue weighted by atomic mass is 16.6. The van der Waals surface area contributed by atoms with Gasteiger partial charge in [0.05, 0.1) is 12.1 Å². The number of rotatable bonds is 5. The summed E-state index contributed by atoms with van der Waals surface area (Å²) in [5.41, 5.74) is 0.934. The molecule has 0 spiro atoms. The van der Waals surface area contributed by atoms with Gasteiger partial charge in [-0.2, -0.15) is 0 Å². The van der Waals surface area contributed by atoms with Crippen LogP contribution in [0.25, 0.3) is 10.9 Å². The van der Waals surface area contributed by atoms with Crippen LogP contribution in [0.2, 0.25) is 0 Å². The van der Waals surface area contributed by atoms with Gasteiger partial charge in [-0.1, -0.05) is 6.07 Å². The van der Waals surface area contributed by atoms with Crippen molar-refractivity contribution in [2.45, 2.75) is 6.10 Å². The van der Waals surface area contributed by atoms with E-state index in [1.54, 1.807) is 0 Å². The molecule has 2 heterocycles. The Labute approximate surface area is 97.7 Å². The summed E-state index contributed by atoms with van der Waals surface area (Å²) in [5, 5.41) is 3.54. The largest absolute Gasteiger partial charge is 0.490 e. The molecule has 2 N–H and O–H groups in total. The highest BCUT2D eigenvalue weighted by molar-refractivity contribution is 5.91. The number of nitrogens with one attached hydrogen (secondary N) is 2. The zero-order valence-corrected chi connectivity index (χ0v) is 9.10. The second kappa shape index (κ2) is 4.10. The number of epoxide rings is 1. The van der Waals surface area contributed by atoms with Crippen LogP contribution in [-0.4, -0.2) is 30.7 Å². The predicted octanol–water partition coefficient (Wildman–Crippen LogP) is 1.51. The minimum atomic E-state index is 0.233. The third-order valence-corrected chi connectivity index (χ3v) is 2.67. The number of amides is 1. The van der Waals surface area contributed by atoms with Crippen LogP contribution in [-0.2, 0) is 9.53 Å². The molecule has 1 fully saturated rings. The topological polar surface area (TPSA) is 66.7 Å². The summed E-state index contributed by atoms with van der Waals surface area (Å²) in [4.78, 5) is 13.5. The van der Waals surface area contributed by atoms with Crippen molar-refractivity contribution >= 4 is 23.1 Å². The van der Waals surface area contributed by atoms with E-state index in [1.165, 1.54) is 0 Å². The Hall–Kier alpha value is -2.01. The summed E-state index contributed by atoms with van der Waals surface area (Å²) in [6, 6.07) is 7.61. The summed E-state index contributed by atoms with van der Waals surface area (Å²) >= 11 is 0. The van der Waals surface area contributed by atoms with Gasteiger partial charge in [0.25, 0.3) is 0 Å². The quantitative estimate of drug-likeness (QED) is 0.606. The Balaban J connectivity index is 1.89. The molecule has 88 valence electrons. The molecule has 1 unspecified atom stereocenters. The van der Waals surface area contributed by atoms with Gasteiger partial charge in [-0.3, -0.25) is 4.79 Å². The lowest BCUT2D eigenvalue weighted by Crippen LogP contribution is -2.03. The minimum absolute atomic E-state index is 0.233. The number of carbonyl (C=O) groups is 1. The van der Waals surface area contributed by atoms with Crippen molar-refractivity contribution in [1.29, 1.82) is 0 Å². The Kier molecular flexibility index (Phi) is 2.45. The summed E-state index contributed by atoms with van der Waals surface area (Å²) in [7, 11) is 0. The molecular formula is C12H12N2O3. The van der Waals surface area contributed by atoms with Gasteiger partial charge in [0.15, 0.2) is 0 Å². The average molecular weight is 232 g/mol. The zero-order chi connectivity index (χ0) is 11.7. The van der Waals surface area contributed by atoms with Gasteiger partial charge in [0.1, 0.15) is 24.3 Å². The number of hydrogen-bond acceptors (Lipinski definition) is 3. The smallest absolute Gasteiger partial charge is 0.212 e. The van der Waals surface area contributed by atoms with Gasteiger partial charge >= 0.3 is 0 Å². The fourth-order valence-corrected chi connectivity index (χ4v) is 1.74. The van der Waals surface area contributed by atoms with E-state index in [2.05, 4.69) is 10.3 Å². The van der Waals surface area contributed by atoms with Gasteiger partial charge in [-0.15, -0.1) is 0 Å². The number of ether oxygens (including phenoxy) is 2. The van der Waals surface area contributed by atoms with E-state index in [0.29, 0.717) is 18.8 Å². The van der Waals surface area contributed by atoms with E-state index in [1.807, 2.05) is 24.3 Å². The van der Waals surface area contributed by atoms with Crippen LogP contribution >= 0.6 is 0 Å². The fraction of sp³-hybridized carbons (Fsp3) is 0.250.